The van der Waals surface area contributed by atoms with Crippen molar-refractivity contribution in [2.75, 3.05) is 17.2 Å². The van der Waals surface area contributed by atoms with Crippen molar-refractivity contribution in [3.8, 4) is 17.6 Å². The SMILES string of the molecule is N#Cc1ccccc1Oc1cc(Cl)ccc1[C@H]1CC(=O)N(c2ccc3c(c2)c(N)nn3S)C1. The summed E-state index contributed by atoms with van der Waals surface area (Å²) in [6, 6.07) is 20.1. The Hall–Kier alpha value is -3.67. The number of rotatable bonds is 4. The zero-order chi connectivity index (χ0) is 23.1. The van der Waals surface area contributed by atoms with Gasteiger partial charge in [-0.1, -0.05) is 29.8 Å². The molecule has 0 aliphatic carbocycles. The molecule has 2 heterocycles. The minimum atomic E-state index is -0.111. The summed E-state index contributed by atoms with van der Waals surface area (Å²) >= 11 is 10.5. The average molecular weight is 476 g/mol. The first-order valence-electron chi connectivity index (χ1n) is 10.2. The quantitative estimate of drug-likeness (QED) is 0.398. The molecule has 1 saturated heterocycles. The van der Waals surface area contributed by atoms with Crippen LogP contribution < -0.4 is 15.4 Å². The van der Waals surface area contributed by atoms with Crippen LogP contribution in [0.15, 0.2) is 60.7 Å². The highest BCUT2D eigenvalue weighted by Gasteiger charge is 2.34. The number of nitriles is 1. The van der Waals surface area contributed by atoms with Gasteiger partial charge in [0, 0.05) is 40.5 Å². The molecule has 0 unspecified atom stereocenters. The number of hydrogen-bond acceptors (Lipinski definition) is 6. The van der Waals surface area contributed by atoms with Gasteiger partial charge in [0.05, 0.1) is 11.1 Å². The van der Waals surface area contributed by atoms with E-state index in [1.807, 2.05) is 24.3 Å². The number of para-hydroxylation sites is 1. The molecule has 0 bridgehead atoms. The van der Waals surface area contributed by atoms with Crippen LogP contribution in [0.4, 0.5) is 11.5 Å². The Kier molecular flexibility index (Phi) is 5.36. The van der Waals surface area contributed by atoms with E-state index in [0.29, 0.717) is 40.9 Å². The van der Waals surface area contributed by atoms with Crippen LogP contribution in [0.5, 0.6) is 11.5 Å². The van der Waals surface area contributed by atoms with E-state index in [9.17, 15) is 10.1 Å². The second-order valence-corrected chi connectivity index (χ2v) is 8.59. The second-order valence-electron chi connectivity index (χ2n) is 7.77. The highest BCUT2D eigenvalue weighted by Crippen LogP contribution is 2.40. The van der Waals surface area contributed by atoms with Crippen LogP contribution >= 0.6 is 24.4 Å². The molecular formula is C24H18ClN5O2S. The number of halogens is 1. The predicted molar refractivity (Wildman–Crippen MR) is 131 cm³/mol. The van der Waals surface area contributed by atoms with Crippen molar-refractivity contribution in [2.45, 2.75) is 12.3 Å². The number of benzene rings is 3. The molecule has 1 aliphatic heterocycles. The molecule has 1 amide bonds. The summed E-state index contributed by atoms with van der Waals surface area (Å²) in [5, 5.41) is 14.8. The van der Waals surface area contributed by atoms with Crippen molar-refractivity contribution in [2.24, 2.45) is 0 Å². The molecule has 0 spiro atoms. The highest BCUT2D eigenvalue weighted by molar-refractivity contribution is 7.78. The standard InChI is InChI=1S/C24H18ClN5O2S/c25-16-5-7-18(22(10-16)32-21-4-2-1-3-14(21)12-26)15-9-23(31)29(13-15)17-6-8-20-19(11-17)24(27)28-30(20)33/h1-8,10-11,15,33H,9,13H2,(H2,27,28)/t15-/m0/s1. The van der Waals surface area contributed by atoms with Crippen molar-refractivity contribution in [1.82, 2.24) is 9.19 Å². The molecule has 33 heavy (non-hydrogen) atoms. The van der Waals surface area contributed by atoms with Crippen LogP contribution in [-0.2, 0) is 4.79 Å². The van der Waals surface area contributed by atoms with Crippen molar-refractivity contribution in [3.63, 3.8) is 0 Å². The third kappa shape index (κ3) is 3.86. The first-order valence-corrected chi connectivity index (χ1v) is 11.0. The van der Waals surface area contributed by atoms with Gasteiger partial charge in [0.15, 0.2) is 5.82 Å². The van der Waals surface area contributed by atoms with Crippen LogP contribution in [-0.4, -0.2) is 21.6 Å². The number of carbonyl (C=O) groups is 1. The number of aromatic nitrogens is 2. The summed E-state index contributed by atoms with van der Waals surface area (Å²) < 4.78 is 7.52. The van der Waals surface area contributed by atoms with Gasteiger partial charge < -0.3 is 15.4 Å². The van der Waals surface area contributed by atoms with E-state index < -0.39 is 0 Å². The summed E-state index contributed by atoms with van der Waals surface area (Å²) in [7, 11) is 0. The first-order chi connectivity index (χ1) is 15.9. The Balaban J connectivity index is 1.47. The van der Waals surface area contributed by atoms with E-state index in [1.54, 1.807) is 41.3 Å². The molecule has 7 nitrogen and oxygen atoms in total. The van der Waals surface area contributed by atoms with Gasteiger partial charge in [-0.2, -0.15) is 5.26 Å². The molecular weight excluding hydrogens is 458 g/mol. The molecule has 1 atom stereocenters. The zero-order valence-electron chi connectivity index (χ0n) is 17.3. The number of anilines is 2. The van der Waals surface area contributed by atoms with Gasteiger partial charge in [-0.3, -0.25) is 4.79 Å². The summed E-state index contributed by atoms with van der Waals surface area (Å²) in [6.45, 7) is 0.469. The maximum Gasteiger partial charge on any atom is 0.227 e. The molecule has 1 fully saturated rings. The Labute approximate surface area is 200 Å². The molecule has 5 rings (SSSR count). The number of nitrogen functional groups attached to an aromatic ring is 1. The van der Waals surface area contributed by atoms with Crippen molar-refractivity contribution < 1.29 is 9.53 Å². The van der Waals surface area contributed by atoms with E-state index in [1.165, 1.54) is 4.09 Å². The second kappa shape index (κ2) is 8.35. The van der Waals surface area contributed by atoms with Crippen LogP contribution in [0.1, 0.15) is 23.5 Å². The molecule has 3 aromatic carbocycles. The van der Waals surface area contributed by atoms with Crippen LogP contribution in [0, 0.1) is 11.3 Å². The van der Waals surface area contributed by atoms with E-state index in [2.05, 4.69) is 24.0 Å². The molecule has 9 heteroatoms. The molecule has 0 radical (unpaired) electrons. The molecule has 4 aromatic rings. The minimum absolute atomic E-state index is 0.00508. The van der Waals surface area contributed by atoms with E-state index in [4.69, 9.17) is 22.1 Å². The lowest BCUT2D eigenvalue weighted by atomic mass is 9.97. The van der Waals surface area contributed by atoms with Gasteiger partial charge in [0.1, 0.15) is 17.6 Å². The number of fused-ring (bicyclic) bond motifs is 1. The third-order valence-electron chi connectivity index (χ3n) is 5.75. The van der Waals surface area contributed by atoms with Crippen LogP contribution in [0.3, 0.4) is 0 Å². The maximum absolute atomic E-state index is 13.0. The van der Waals surface area contributed by atoms with Crippen molar-refractivity contribution in [1.29, 1.82) is 5.26 Å². The lowest BCUT2D eigenvalue weighted by Crippen LogP contribution is -2.24. The predicted octanol–water partition coefficient (Wildman–Crippen LogP) is 5.15. The lowest BCUT2D eigenvalue weighted by Gasteiger charge is -2.19. The van der Waals surface area contributed by atoms with Crippen molar-refractivity contribution >= 4 is 52.7 Å². The molecule has 1 aliphatic rings. The fourth-order valence-corrected chi connectivity index (χ4v) is 4.58. The number of ether oxygens (including phenoxy) is 1. The Morgan fingerprint density at radius 1 is 1.15 bits per heavy atom. The van der Waals surface area contributed by atoms with Crippen LogP contribution in [0.25, 0.3) is 10.9 Å². The number of nitrogens with zero attached hydrogens (tertiary/aromatic N) is 4. The summed E-state index contributed by atoms with van der Waals surface area (Å²) in [5.74, 6) is 1.21. The van der Waals surface area contributed by atoms with E-state index >= 15 is 0 Å². The molecule has 0 saturated carbocycles. The topological polar surface area (TPSA) is 97.2 Å². The van der Waals surface area contributed by atoms with Gasteiger partial charge in [0.25, 0.3) is 0 Å². The first kappa shape index (κ1) is 21.2. The Bertz CT molecular complexity index is 1440. The number of thiol groups is 1. The summed E-state index contributed by atoms with van der Waals surface area (Å²) in [4.78, 5) is 14.7. The molecule has 2 N–H and O–H groups in total. The van der Waals surface area contributed by atoms with Gasteiger partial charge in [-0.15, -0.1) is 5.10 Å². The normalized spacial score (nSPS) is 15.7. The van der Waals surface area contributed by atoms with Gasteiger partial charge in [0.2, 0.25) is 5.91 Å². The minimum Gasteiger partial charge on any atom is -0.456 e. The van der Waals surface area contributed by atoms with Gasteiger partial charge >= 0.3 is 0 Å². The average Bonchev–Trinajstić information content (AvgIpc) is 3.33. The number of amides is 1. The molecule has 164 valence electrons. The Morgan fingerprint density at radius 3 is 2.79 bits per heavy atom. The third-order valence-corrected chi connectivity index (χ3v) is 6.29. The smallest absolute Gasteiger partial charge is 0.227 e. The van der Waals surface area contributed by atoms with Crippen LogP contribution in [0.2, 0.25) is 5.02 Å². The number of hydrogen-bond donors (Lipinski definition) is 2. The number of nitrogens with two attached hydrogens (primary N) is 1. The van der Waals surface area contributed by atoms with Crippen molar-refractivity contribution in [3.05, 3.63) is 76.8 Å². The van der Waals surface area contributed by atoms with E-state index in [0.717, 1.165) is 22.2 Å². The molecule has 1 aromatic heterocycles. The largest absolute Gasteiger partial charge is 0.456 e. The zero-order valence-corrected chi connectivity index (χ0v) is 18.9. The fourth-order valence-electron chi connectivity index (χ4n) is 4.15. The van der Waals surface area contributed by atoms with E-state index in [-0.39, 0.29) is 11.8 Å². The Morgan fingerprint density at radius 2 is 1.97 bits per heavy atom. The lowest BCUT2D eigenvalue weighted by molar-refractivity contribution is -0.117. The monoisotopic (exact) mass is 475 g/mol. The summed E-state index contributed by atoms with van der Waals surface area (Å²) in [6.07, 6.45) is 0.317. The maximum atomic E-state index is 13.0. The summed E-state index contributed by atoms with van der Waals surface area (Å²) in [5.41, 5.74) is 8.78. The highest BCUT2D eigenvalue weighted by atomic mass is 35.5. The van der Waals surface area contributed by atoms with Gasteiger partial charge in [-0.25, -0.2) is 4.09 Å². The number of carbonyl (C=O) groups excluding carboxylic acids is 1. The van der Waals surface area contributed by atoms with Gasteiger partial charge in [-0.05, 0) is 55.3 Å². The fraction of sp³-hybridized carbons (Fsp3) is 0.125.